The van der Waals surface area contributed by atoms with Gasteiger partial charge in [-0.25, -0.2) is 4.39 Å². The van der Waals surface area contributed by atoms with E-state index in [2.05, 4.69) is 0 Å². The molecule has 0 N–H and O–H groups in total. The Labute approximate surface area is 54.6 Å². The molecule has 54 valence electrons. The molecule has 0 saturated carbocycles. The zero-order valence-corrected chi connectivity index (χ0v) is 5.85. The Bertz CT molecular complexity index is 95.7. The van der Waals surface area contributed by atoms with E-state index >= 15 is 0 Å². The molecule has 0 aromatic rings. The summed E-state index contributed by atoms with van der Waals surface area (Å²) in [7, 11) is 3.42. The van der Waals surface area contributed by atoms with Crippen LogP contribution in [0.5, 0.6) is 0 Å². The maximum absolute atomic E-state index is 13.0. The van der Waals surface area contributed by atoms with E-state index < -0.39 is 5.67 Å². The van der Waals surface area contributed by atoms with Gasteiger partial charge < -0.3 is 4.74 Å². The molecule has 9 heavy (non-hydrogen) atoms. The summed E-state index contributed by atoms with van der Waals surface area (Å²) in [4.78, 5) is 1.93. The van der Waals surface area contributed by atoms with Crippen LogP contribution in [0.1, 0.15) is 0 Å². The lowest BCUT2D eigenvalue weighted by Crippen LogP contribution is -2.59. The molecule has 0 spiro atoms. The molecule has 0 atom stereocenters. The average Bonchev–Trinajstić information content (AvgIpc) is 1.62. The average molecular weight is 133 g/mol. The molecule has 2 nitrogen and oxygen atoms in total. The second-order valence-corrected chi connectivity index (χ2v) is 2.76. The Kier molecular flexibility index (Phi) is 1.73. The summed E-state index contributed by atoms with van der Waals surface area (Å²) in [5.74, 6) is 0. The Morgan fingerprint density at radius 3 is 2.56 bits per heavy atom. The normalized spacial score (nSPS) is 25.7. The molecule has 0 unspecified atom stereocenters. The van der Waals surface area contributed by atoms with Crippen LogP contribution in [0.15, 0.2) is 0 Å². The third-order valence-electron chi connectivity index (χ3n) is 1.51. The molecule has 1 heterocycles. The Hall–Kier alpha value is -0.150. The number of hydrogen-bond acceptors (Lipinski definition) is 2. The van der Waals surface area contributed by atoms with Crippen LogP contribution in [-0.2, 0) is 4.74 Å². The van der Waals surface area contributed by atoms with Gasteiger partial charge in [0.05, 0.1) is 6.61 Å². The molecule has 0 aliphatic carbocycles. The second-order valence-electron chi connectivity index (χ2n) is 2.76. The fourth-order valence-electron chi connectivity index (χ4n) is 1.27. The second kappa shape index (κ2) is 2.23. The smallest absolute Gasteiger partial charge is 0.159 e. The van der Waals surface area contributed by atoms with E-state index in [1.807, 2.05) is 11.9 Å². The Morgan fingerprint density at radius 1 is 1.67 bits per heavy atom. The van der Waals surface area contributed by atoms with Crippen molar-refractivity contribution in [3.8, 4) is 0 Å². The highest BCUT2D eigenvalue weighted by Crippen LogP contribution is 2.23. The largest absolute Gasteiger partial charge is 0.381 e. The number of methoxy groups -OCH3 is 1. The van der Waals surface area contributed by atoms with Crippen molar-refractivity contribution in [3.05, 3.63) is 0 Å². The van der Waals surface area contributed by atoms with E-state index in [1.165, 1.54) is 7.11 Å². The number of nitrogens with zero attached hydrogens (tertiary/aromatic N) is 1. The summed E-state index contributed by atoms with van der Waals surface area (Å²) in [5, 5.41) is 0. The van der Waals surface area contributed by atoms with Gasteiger partial charge in [0, 0.05) is 20.2 Å². The van der Waals surface area contributed by atoms with Crippen LogP contribution in [0, 0.1) is 0 Å². The lowest BCUT2D eigenvalue weighted by Gasteiger charge is -2.41. The van der Waals surface area contributed by atoms with E-state index in [1.54, 1.807) is 0 Å². The zero-order valence-electron chi connectivity index (χ0n) is 5.85. The predicted octanol–water partition coefficient (Wildman–Crippen LogP) is 0.287. The number of rotatable bonds is 2. The number of hydrogen-bond donors (Lipinski definition) is 0. The summed E-state index contributed by atoms with van der Waals surface area (Å²) in [6.45, 7) is 1.26. The van der Waals surface area contributed by atoms with Gasteiger partial charge in [-0.2, -0.15) is 0 Å². The van der Waals surface area contributed by atoms with Gasteiger partial charge >= 0.3 is 0 Å². The fraction of sp³-hybridized carbons (Fsp3) is 1.00. The molecule has 1 aliphatic heterocycles. The first-order valence-corrected chi connectivity index (χ1v) is 3.03. The van der Waals surface area contributed by atoms with Crippen LogP contribution in [0.2, 0.25) is 0 Å². The minimum atomic E-state index is -1.05. The van der Waals surface area contributed by atoms with Crippen molar-refractivity contribution in [2.24, 2.45) is 0 Å². The van der Waals surface area contributed by atoms with Gasteiger partial charge in [-0.15, -0.1) is 0 Å². The molecule has 0 amide bonds. The maximum atomic E-state index is 13.0. The van der Waals surface area contributed by atoms with Gasteiger partial charge in [-0.1, -0.05) is 0 Å². The van der Waals surface area contributed by atoms with E-state index in [4.69, 9.17) is 4.74 Å². The molecule has 0 radical (unpaired) electrons. The first kappa shape index (κ1) is 6.96. The van der Waals surface area contributed by atoms with Crippen molar-refractivity contribution in [3.63, 3.8) is 0 Å². The van der Waals surface area contributed by atoms with Crippen LogP contribution in [-0.4, -0.2) is 44.4 Å². The minimum Gasteiger partial charge on any atom is -0.381 e. The molecule has 0 aromatic heterocycles. The van der Waals surface area contributed by atoms with Gasteiger partial charge in [0.25, 0.3) is 0 Å². The summed E-state index contributed by atoms with van der Waals surface area (Å²) < 4.78 is 17.7. The Balaban J connectivity index is 2.23. The van der Waals surface area contributed by atoms with Gasteiger partial charge in [0.1, 0.15) is 0 Å². The van der Waals surface area contributed by atoms with Crippen molar-refractivity contribution in [1.29, 1.82) is 0 Å². The highest BCUT2D eigenvalue weighted by atomic mass is 19.1. The molecule has 3 heteroatoms. The van der Waals surface area contributed by atoms with Gasteiger partial charge in [0.15, 0.2) is 5.67 Å². The molecule has 0 bridgehead atoms. The first-order valence-electron chi connectivity index (χ1n) is 3.03. The minimum absolute atomic E-state index is 0.233. The van der Waals surface area contributed by atoms with E-state index in [0.29, 0.717) is 13.1 Å². The van der Waals surface area contributed by atoms with E-state index in [9.17, 15) is 4.39 Å². The molecule has 1 aliphatic rings. The highest BCUT2D eigenvalue weighted by molar-refractivity contribution is 4.94. The topological polar surface area (TPSA) is 12.5 Å². The third-order valence-corrected chi connectivity index (χ3v) is 1.51. The van der Waals surface area contributed by atoms with Crippen molar-refractivity contribution in [1.82, 2.24) is 4.90 Å². The lowest BCUT2D eigenvalue weighted by atomic mass is 9.99. The maximum Gasteiger partial charge on any atom is 0.159 e. The van der Waals surface area contributed by atoms with Gasteiger partial charge in [0.2, 0.25) is 0 Å². The fourth-order valence-corrected chi connectivity index (χ4v) is 1.27. The van der Waals surface area contributed by atoms with Gasteiger partial charge in [-0.3, -0.25) is 4.90 Å². The standard InChI is InChI=1S/C6H12FNO/c1-8-3-6(7,4-8)5-9-2/h3-5H2,1-2H3. The molecule has 1 fully saturated rings. The van der Waals surface area contributed by atoms with Crippen LogP contribution in [0.3, 0.4) is 0 Å². The quantitative estimate of drug-likeness (QED) is 0.536. The van der Waals surface area contributed by atoms with Crippen molar-refractivity contribution >= 4 is 0 Å². The van der Waals surface area contributed by atoms with Crippen molar-refractivity contribution in [2.75, 3.05) is 33.9 Å². The third kappa shape index (κ3) is 1.40. The molecule has 0 aromatic carbocycles. The number of likely N-dealkylation sites (tertiary alicyclic amines) is 1. The lowest BCUT2D eigenvalue weighted by molar-refractivity contribution is -0.0653. The summed E-state index contributed by atoms with van der Waals surface area (Å²) >= 11 is 0. The molecule has 1 rings (SSSR count). The monoisotopic (exact) mass is 133 g/mol. The van der Waals surface area contributed by atoms with Gasteiger partial charge in [-0.05, 0) is 7.05 Å². The van der Waals surface area contributed by atoms with E-state index in [0.717, 1.165) is 0 Å². The Morgan fingerprint density at radius 2 is 2.22 bits per heavy atom. The van der Waals surface area contributed by atoms with Crippen LogP contribution in [0.4, 0.5) is 4.39 Å². The summed E-state index contributed by atoms with van der Waals surface area (Å²) in [6, 6.07) is 0. The molecular formula is C6H12FNO. The predicted molar refractivity (Wildman–Crippen MR) is 33.2 cm³/mol. The van der Waals surface area contributed by atoms with Crippen LogP contribution in [0.25, 0.3) is 0 Å². The molecular weight excluding hydrogens is 121 g/mol. The number of halogens is 1. The summed E-state index contributed by atoms with van der Waals surface area (Å²) in [6.07, 6.45) is 0. The number of alkyl halides is 1. The van der Waals surface area contributed by atoms with Crippen molar-refractivity contribution < 1.29 is 9.13 Å². The number of ether oxygens (including phenoxy) is 1. The first-order chi connectivity index (χ1) is 4.16. The summed E-state index contributed by atoms with van der Waals surface area (Å²) in [5.41, 5.74) is -1.05. The SMILES string of the molecule is COCC1(F)CN(C)C1. The van der Waals surface area contributed by atoms with Crippen molar-refractivity contribution in [2.45, 2.75) is 5.67 Å². The highest BCUT2D eigenvalue weighted by Gasteiger charge is 2.41. The zero-order chi connectivity index (χ0) is 6.91. The van der Waals surface area contributed by atoms with E-state index in [-0.39, 0.29) is 6.61 Å². The van der Waals surface area contributed by atoms with Crippen LogP contribution < -0.4 is 0 Å². The molecule has 1 saturated heterocycles. The van der Waals surface area contributed by atoms with Crippen LogP contribution >= 0.6 is 0 Å².